The highest BCUT2D eigenvalue weighted by Gasteiger charge is 2.25. The van der Waals surface area contributed by atoms with Crippen LogP contribution in [0.5, 0.6) is 11.8 Å². The molecular weight excluding hydrogens is 288 g/mol. The van der Waals surface area contributed by atoms with Crippen molar-refractivity contribution in [3.8, 4) is 11.8 Å². The van der Waals surface area contributed by atoms with Gasteiger partial charge in [0.2, 0.25) is 11.8 Å². The van der Waals surface area contributed by atoms with Crippen LogP contribution in [0.25, 0.3) is 0 Å². The summed E-state index contributed by atoms with van der Waals surface area (Å²) in [7, 11) is 3.07. The zero-order valence-electron chi connectivity index (χ0n) is 13.5. The van der Waals surface area contributed by atoms with E-state index in [0.29, 0.717) is 16.9 Å². The van der Waals surface area contributed by atoms with E-state index < -0.39 is 0 Å². The molecule has 1 heterocycles. The fourth-order valence-electron chi connectivity index (χ4n) is 2.13. The van der Waals surface area contributed by atoms with Crippen LogP contribution in [-0.4, -0.2) is 35.7 Å². The summed E-state index contributed by atoms with van der Waals surface area (Å²) in [6.07, 6.45) is 1.92. The molecule has 1 rings (SSSR count). The molecule has 0 aliphatic rings. The van der Waals surface area contributed by atoms with Crippen molar-refractivity contribution in [3.63, 3.8) is 0 Å². The number of ether oxygens (including phenoxy) is 2. The van der Waals surface area contributed by atoms with Crippen LogP contribution in [0.2, 0.25) is 0 Å². The fraction of sp³-hybridized carbons (Fsp3) is 0.667. The van der Waals surface area contributed by atoms with Gasteiger partial charge in [-0.15, -0.1) is 0 Å². The molecule has 0 saturated carbocycles. The van der Waals surface area contributed by atoms with Crippen LogP contribution in [-0.2, 0) is 4.79 Å². The van der Waals surface area contributed by atoms with Gasteiger partial charge in [-0.2, -0.15) is 9.97 Å². The van der Waals surface area contributed by atoms with E-state index in [1.165, 1.54) is 26.0 Å². The largest absolute Gasteiger partial charge is 0.481 e. The Bertz CT molecular complexity index is 452. The van der Waals surface area contributed by atoms with Crippen molar-refractivity contribution in [1.29, 1.82) is 0 Å². The van der Waals surface area contributed by atoms with Crippen LogP contribution >= 0.6 is 11.8 Å². The number of carbonyl (C=O) groups is 1. The summed E-state index contributed by atoms with van der Waals surface area (Å²) in [5.74, 6) is 1.09. The van der Waals surface area contributed by atoms with Crippen molar-refractivity contribution in [2.45, 2.75) is 44.5 Å². The number of hydrogen-bond donors (Lipinski definition) is 0. The van der Waals surface area contributed by atoms with Crippen molar-refractivity contribution in [3.05, 3.63) is 6.07 Å². The van der Waals surface area contributed by atoms with Crippen molar-refractivity contribution in [2.75, 3.05) is 14.2 Å². The van der Waals surface area contributed by atoms with Gasteiger partial charge in [-0.25, -0.2) is 0 Å². The summed E-state index contributed by atoms with van der Waals surface area (Å²) in [6, 6.07) is 1.61. The number of rotatable bonds is 7. The zero-order chi connectivity index (χ0) is 16.0. The molecule has 118 valence electrons. The van der Waals surface area contributed by atoms with Crippen LogP contribution in [0.15, 0.2) is 11.2 Å². The van der Waals surface area contributed by atoms with E-state index >= 15 is 0 Å². The van der Waals surface area contributed by atoms with Crippen molar-refractivity contribution >= 4 is 18.0 Å². The molecule has 0 saturated heterocycles. The van der Waals surface area contributed by atoms with Gasteiger partial charge in [-0.05, 0) is 17.8 Å². The van der Waals surface area contributed by atoms with Gasteiger partial charge in [0.1, 0.15) is 6.29 Å². The van der Waals surface area contributed by atoms with E-state index in [1.807, 2.05) is 0 Å². The van der Waals surface area contributed by atoms with Crippen molar-refractivity contribution in [2.24, 2.45) is 11.3 Å². The quantitative estimate of drug-likeness (QED) is 0.437. The predicted octanol–water partition coefficient (Wildman–Crippen LogP) is 3.23. The molecule has 2 unspecified atom stereocenters. The maximum absolute atomic E-state index is 11.4. The molecule has 0 amide bonds. The Morgan fingerprint density at radius 3 is 2.14 bits per heavy atom. The van der Waals surface area contributed by atoms with E-state index in [1.54, 1.807) is 6.07 Å². The molecule has 2 atom stereocenters. The lowest BCUT2D eigenvalue weighted by atomic mass is 9.84. The minimum atomic E-state index is -0.193. The number of methoxy groups -OCH3 is 2. The van der Waals surface area contributed by atoms with Crippen LogP contribution in [0, 0.1) is 11.3 Å². The molecule has 0 aliphatic carbocycles. The van der Waals surface area contributed by atoms with E-state index in [4.69, 9.17) is 9.47 Å². The molecule has 0 bridgehead atoms. The molecule has 21 heavy (non-hydrogen) atoms. The second-order valence-corrected chi connectivity index (χ2v) is 7.34. The predicted molar refractivity (Wildman–Crippen MR) is 84.1 cm³/mol. The molecule has 0 N–H and O–H groups in total. The van der Waals surface area contributed by atoms with E-state index in [-0.39, 0.29) is 16.6 Å². The smallest absolute Gasteiger partial charge is 0.220 e. The first-order chi connectivity index (χ1) is 9.78. The SMILES string of the molecule is COc1cc(OC)nc(SC(C=O)C(C)CC(C)(C)C)n1. The summed E-state index contributed by atoms with van der Waals surface area (Å²) < 4.78 is 10.2. The first-order valence-electron chi connectivity index (χ1n) is 6.88. The minimum Gasteiger partial charge on any atom is -0.481 e. The summed E-state index contributed by atoms with van der Waals surface area (Å²) in [5.41, 5.74) is 0.175. The highest BCUT2D eigenvalue weighted by molar-refractivity contribution is 8.00. The van der Waals surface area contributed by atoms with Crippen LogP contribution in [0.4, 0.5) is 0 Å². The lowest BCUT2D eigenvalue weighted by Crippen LogP contribution is -2.22. The van der Waals surface area contributed by atoms with Gasteiger partial charge < -0.3 is 14.3 Å². The van der Waals surface area contributed by atoms with E-state index in [0.717, 1.165) is 12.7 Å². The first-order valence-corrected chi connectivity index (χ1v) is 7.76. The fourth-order valence-corrected chi connectivity index (χ4v) is 3.04. The molecule has 0 aromatic carbocycles. The molecule has 0 spiro atoms. The Morgan fingerprint density at radius 1 is 1.24 bits per heavy atom. The van der Waals surface area contributed by atoms with Gasteiger partial charge in [-0.1, -0.05) is 39.5 Å². The molecular formula is C15H24N2O3S. The Kier molecular flexibility index (Phi) is 6.45. The standard InChI is InChI=1S/C15H24N2O3S/c1-10(8-15(2,3)4)11(9-18)21-14-16-12(19-5)7-13(17-14)20-6/h7,9-11H,8H2,1-6H3. The Hall–Kier alpha value is -1.30. The molecule has 1 aromatic rings. The van der Waals surface area contributed by atoms with Crippen molar-refractivity contribution in [1.82, 2.24) is 9.97 Å². The normalized spacial score (nSPS) is 14.4. The average Bonchev–Trinajstić information content (AvgIpc) is 2.42. The molecule has 1 aromatic heterocycles. The van der Waals surface area contributed by atoms with Gasteiger partial charge in [-0.3, -0.25) is 0 Å². The summed E-state index contributed by atoms with van der Waals surface area (Å²) >= 11 is 1.35. The summed E-state index contributed by atoms with van der Waals surface area (Å²) in [4.78, 5) is 19.9. The van der Waals surface area contributed by atoms with Gasteiger partial charge in [0.15, 0.2) is 5.16 Å². The Morgan fingerprint density at radius 2 is 1.76 bits per heavy atom. The molecule has 0 fully saturated rings. The number of aldehydes is 1. The minimum absolute atomic E-state index is 0.175. The topological polar surface area (TPSA) is 61.3 Å². The second kappa shape index (κ2) is 7.64. The third-order valence-corrected chi connectivity index (χ3v) is 4.19. The summed E-state index contributed by atoms with van der Waals surface area (Å²) in [6.45, 7) is 8.58. The van der Waals surface area contributed by atoms with Crippen LogP contribution in [0.1, 0.15) is 34.1 Å². The molecule has 6 heteroatoms. The number of carbonyl (C=O) groups excluding carboxylic acids is 1. The lowest BCUT2D eigenvalue weighted by molar-refractivity contribution is -0.108. The van der Waals surface area contributed by atoms with E-state index in [9.17, 15) is 4.79 Å². The highest BCUT2D eigenvalue weighted by Crippen LogP contribution is 2.33. The average molecular weight is 312 g/mol. The first kappa shape index (κ1) is 17.8. The lowest BCUT2D eigenvalue weighted by Gasteiger charge is -2.26. The number of thioether (sulfide) groups is 1. The maximum atomic E-state index is 11.4. The van der Waals surface area contributed by atoms with Gasteiger partial charge in [0, 0.05) is 0 Å². The third-order valence-electron chi connectivity index (χ3n) is 2.95. The molecule has 5 nitrogen and oxygen atoms in total. The maximum Gasteiger partial charge on any atom is 0.220 e. The molecule has 0 aliphatic heterocycles. The van der Waals surface area contributed by atoms with Crippen LogP contribution in [0.3, 0.4) is 0 Å². The molecule has 0 radical (unpaired) electrons. The Balaban J connectivity index is 2.88. The monoisotopic (exact) mass is 312 g/mol. The van der Waals surface area contributed by atoms with Crippen molar-refractivity contribution < 1.29 is 14.3 Å². The zero-order valence-corrected chi connectivity index (χ0v) is 14.4. The van der Waals surface area contributed by atoms with Gasteiger partial charge >= 0.3 is 0 Å². The third kappa shape index (κ3) is 5.91. The van der Waals surface area contributed by atoms with Gasteiger partial charge in [0.05, 0.1) is 25.5 Å². The van der Waals surface area contributed by atoms with Crippen LogP contribution < -0.4 is 9.47 Å². The Labute approximate surface area is 130 Å². The summed E-state index contributed by atoms with van der Waals surface area (Å²) in [5, 5.41) is 0.296. The van der Waals surface area contributed by atoms with Gasteiger partial charge in [0.25, 0.3) is 0 Å². The number of hydrogen-bond acceptors (Lipinski definition) is 6. The number of aromatic nitrogens is 2. The second-order valence-electron chi connectivity index (χ2n) is 6.20. The highest BCUT2D eigenvalue weighted by atomic mass is 32.2. The number of nitrogens with zero attached hydrogens (tertiary/aromatic N) is 2. The van der Waals surface area contributed by atoms with E-state index in [2.05, 4.69) is 37.7 Å².